The van der Waals surface area contributed by atoms with Crippen molar-refractivity contribution in [3.63, 3.8) is 0 Å². The lowest BCUT2D eigenvalue weighted by Crippen LogP contribution is -1.80. The number of rotatable bonds is 5. The highest BCUT2D eigenvalue weighted by Gasteiger charge is 2.16. The maximum Gasteiger partial charge on any atom is 0.749 e. The molecule has 0 aliphatic heterocycles. The molecule has 62 valence electrons. The van der Waals surface area contributed by atoms with E-state index in [9.17, 15) is 4.57 Å². The summed E-state index contributed by atoms with van der Waals surface area (Å²) in [6, 6.07) is 0. The van der Waals surface area contributed by atoms with Gasteiger partial charge in [0.25, 0.3) is 0 Å². The molecule has 0 rings (SSSR count). The van der Waals surface area contributed by atoms with Crippen LogP contribution in [0.25, 0.3) is 0 Å². The zero-order chi connectivity index (χ0) is 8.69. The van der Waals surface area contributed by atoms with E-state index in [0.29, 0.717) is 0 Å². The minimum atomic E-state index is -2.14. The van der Waals surface area contributed by atoms with Crippen LogP contribution in [-0.2, 0) is 13.6 Å². The summed E-state index contributed by atoms with van der Waals surface area (Å²) in [5.74, 6) is 0. The second-order valence-corrected chi connectivity index (χ2v) is 3.21. The fourth-order valence-corrected chi connectivity index (χ4v) is 0.757. The van der Waals surface area contributed by atoms with Crippen LogP contribution in [0, 0.1) is 0 Å². The van der Waals surface area contributed by atoms with Gasteiger partial charge in [-0.15, -0.1) is 4.52 Å². The summed E-state index contributed by atoms with van der Waals surface area (Å²) < 4.78 is 19.5. The van der Waals surface area contributed by atoms with Crippen molar-refractivity contribution in [2.75, 3.05) is 6.61 Å². The lowest BCUT2D eigenvalue weighted by atomic mass is 10.7. The molecule has 0 aromatic rings. The fraction of sp³-hybridized carbons (Fsp3) is 0.200. The van der Waals surface area contributed by atoms with Gasteiger partial charge in [0.2, 0.25) is 0 Å². The normalized spacial score (nSPS) is 10.2. The maximum atomic E-state index is 10.5. The van der Waals surface area contributed by atoms with Crippen LogP contribution in [0.3, 0.4) is 0 Å². The van der Waals surface area contributed by atoms with E-state index >= 15 is 0 Å². The van der Waals surface area contributed by atoms with Crippen molar-refractivity contribution in [3.05, 3.63) is 23.4 Å². The molecule has 0 amide bonds. The van der Waals surface area contributed by atoms with Gasteiger partial charge in [-0.05, 0) is 6.08 Å². The largest absolute Gasteiger partial charge is 0.749 e. The monoisotopic (exact) mass is 215 g/mol. The first-order valence-corrected chi connectivity index (χ1v) is 4.41. The van der Waals surface area contributed by atoms with Gasteiger partial charge >= 0.3 is 8.25 Å². The summed E-state index contributed by atoms with van der Waals surface area (Å²) in [5, 5.41) is 0. The van der Waals surface area contributed by atoms with E-state index in [0.717, 1.165) is 6.26 Å². The zero-order valence-corrected chi connectivity index (χ0v) is 7.90. The van der Waals surface area contributed by atoms with Gasteiger partial charge in [0, 0.05) is 4.57 Å². The van der Waals surface area contributed by atoms with Crippen LogP contribution >= 0.6 is 31.5 Å². The summed E-state index contributed by atoms with van der Waals surface area (Å²) in [6.45, 7) is 3.24. The number of hydrogen-bond acceptors (Lipinski definition) is 3. The molecule has 0 N–H and O–H groups in total. The Labute approximate surface area is 75.5 Å². The second kappa shape index (κ2) is 6.62. The Morgan fingerprint density at radius 2 is 2.27 bits per heavy atom. The van der Waals surface area contributed by atoms with Crippen LogP contribution in [0.15, 0.2) is 23.4 Å². The average Bonchev–Trinajstić information content (AvgIpc) is 1.87. The van der Waals surface area contributed by atoms with Gasteiger partial charge in [-0.3, -0.25) is 0 Å². The topological polar surface area (TPSA) is 35.5 Å². The van der Waals surface area contributed by atoms with Gasteiger partial charge in [-0.1, -0.05) is 29.8 Å². The van der Waals surface area contributed by atoms with Gasteiger partial charge in [0.05, 0.1) is 0 Å². The van der Waals surface area contributed by atoms with Crippen LogP contribution in [0.1, 0.15) is 0 Å². The average molecular weight is 216 g/mol. The molecule has 0 aliphatic rings. The van der Waals surface area contributed by atoms with Crippen molar-refractivity contribution in [1.82, 2.24) is 0 Å². The van der Waals surface area contributed by atoms with Crippen molar-refractivity contribution in [2.24, 2.45) is 0 Å². The van der Waals surface area contributed by atoms with Crippen LogP contribution < -0.4 is 0 Å². The molecule has 11 heavy (non-hydrogen) atoms. The van der Waals surface area contributed by atoms with Crippen molar-refractivity contribution >= 4 is 31.5 Å². The molecule has 0 aliphatic carbocycles. The van der Waals surface area contributed by atoms with Gasteiger partial charge in [-0.2, -0.15) is 0 Å². The zero-order valence-electron chi connectivity index (χ0n) is 5.50. The fourth-order valence-electron chi connectivity index (χ4n) is 0.252. The molecule has 0 radical (unpaired) electrons. The third-order valence-electron chi connectivity index (χ3n) is 0.578. The van der Waals surface area contributed by atoms with Crippen molar-refractivity contribution < 1.29 is 13.6 Å². The highest BCUT2D eigenvalue weighted by Crippen LogP contribution is 2.23. The molecule has 1 atom stereocenters. The molecular formula is C5H6Cl2O3P+. The lowest BCUT2D eigenvalue weighted by molar-refractivity contribution is 0.299. The number of hydrogen-bond donors (Lipinski definition) is 0. The van der Waals surface area contributed by atoms with Crippen LogP contribution in [-0.4, -0.2) is 6.61 Å². The van der Waals surface area contributed by atoms with E-state index in [-0.39, 0.29) is 11.1 Å². The SMILES string of the molecule is C=CO[P+](=O)OCC=C(Cl)Cl. The Morgan fingerprint density at radius 1 is 1.64 bits per heavy atom. The van der Waals surface area contributed by atoms with E-state index in [2.05, 4.69) is 15.6 Å². The summed E-state index contributed by atoms with van der Waals surface area (Å²) >= 11 is 10.5. The molecular weight excluding hydrogens is 210 g/mol. The third kappa shape index (κ3) is 7.82. The first kappa shape index (κ1) is 10.9. The molecule has 0 fully saturated rings. The van der Waals surface area contributed by atoms with E-state index in [1.54, 1.807) is 0 Å². The van der Waals surface area contributed by atoms with E-state index in [1.807, 2.05) is 0 Å². The van der Waals surface area contributed by atoms with E-state index < -0.39 is 8.25 Å². The standard InChI is InChI=1S/C5H6Cl2O3P/c1-2-9-11(8)10-4-3-5(6)7/h2-3H,1,4H2/q+1. The minimum absolute atomic E-state index is 0.0470. The second-order valence-electron chi connectivity index (χ2n) is 1.29. The minimum Gasteiger partial charge on any atom is -0.238 e. The van der Waals surface area contributed by atoms with Crippen molar-refractivity contribution in [3.8, 4) is 0 Å². The molecule has 6 heteroatoms. The quantitative estimate of drug-likeness (QED) is 0.523. The molecule has 1 unspecified atom stereocenters. The first-order chi connectivity index (χ1) is 5.16. The first-order valence-electron chi connectivity index (χ1n) is 2.56. The Bertz CT molecular complexity index is 177. The molecule has 0 bridgehead atoms. The highest BCUT2D eigenvalue weighted by molar-refractivity contribution is 7.33. The van der Waals surface area contributed by atoms with Crippen molar-refractivity contribution in [2.45, 2.75) is 0 Å². The highest BCUT2D eigenvalue weighted by atomic mass is 35.5. The van der Waals surface area contributed by atoms with E-state index in [1.165, 1.54) is 6.08 Å². The summed E-state index contributed by atoms with van der Waals surface area (Å²) in [5.41, 5.74) is 0. The van der Waals surface area contributed by atoms with Crippen molar-refractivity contribution in [1.29, 1.82) is 0 Å². The van der Waals surface area contributed by atoms with Gasteiger partial charge in [0.1, 0.15) is 17.4 Å². The Balaban J connectivity index is 3.46. The van der Waals surface area contributed by atoms with Gasteiger partial charge in [-0.25, -0.2) is 4.52 Å². The van der Waals surface area contributed by atoms with Gasteiger partial charge < -0.3 is 0 Å². The lowest BCUT2D eigenvalue weighted by Gasteiger charge is -1.82. The van der Waals surface area contributed by atoms with Crippen LogP contribution in [0.5, 0.6) is 0 Å². The van der Waals surface area contributed by atoms with Crippen LogP contribution in [0.4, 0.5) is 0 Å². The summed E-state index contributed by atoms with van der Waals surface area (Å²) in [7, 11) is -2.14. The smallest absolute Gasteiger partial charge is 0.238 e. The van der Waals surface area contributed by atoms with E-state index in [4.69, 9.17) is 23.2 Å². The Morgan fingerprint density at radius 3 is 2.73 bits per heavy atom. The molecule has 0 aromatic heterocycles. The Kier molecular flexibility index (Phi) is 6.57. The summed E-state index contributed by atoms with van der Waals surface area (Å²) in [6.07, 6.45) is 2.38. The molecule has 0 spiro atoms. The molecule has 0 saturated carbocycles. The Hall–Kier alpha value is -0.0800. The maximum absolute atomic E-state index is 10.5. The predicted molar refractivity (Wildman–Crippen MR) is 44.6 cm³/mol. The number of halogens is 2. The summed E-state index contributed by atoms with van der Waals surface area (Å²) in [4.78, 5) is 0. The molecule has 0 saturated heterocycles. The molecule has 3 nitrogen and oxygen atoms in total. The predicted octanol–water partition coefficient (Wildman–Crippen LogP) is 3.14. The van der Waals surface area contributed by atoms with Crippen LogP contribution in [0.2, 0.25) is 0 Å². The third-order valence-corrected chi connectivity index (χ3v) is 1.57. The molecule has 0 aromatic carbocycles. The van der Waals surface area contributed by atoms with Gasteiger partial charge in [0.15, 0.2) is 0 Å². The molecule has 0 heterocycles.